The Labute approximate surface area is 137 Å². The van der Waals surface area contributed by atoms with Gasteiger partial charge in [0.15, 0.2) is 17.5 Å². The SMILES string of the molecule is Cc1nc(CC(=O)NCc2n[nH]c(COc3ccccc3)n2)n[nH]1. The maximum absolute atomic E-state index is 11.8. The van der Waals surface area contributed by atoms with E-state index < -0.39 is 0 Å². The standard InChI is InChI=1S/C15H17N7O2/c1-10-17-12(20-19-10)7-15(23)16-8-13-18-14(22-21-13)9-24-11-5-3-2-4-6-11/h2-6H,7-9H2,1H3,(H,16,23)(H,17,19,20)(H,18,21,22). The largest absolute Gasteiger partial charge is 0.486 e. The van der Waals surface area contributed by atoms with E-state index in [0.29, 0.717) is 23.3 Å². The number of H-pyrrole nitrogens is 2. The third-order valence-electron chi connectivity index (χ3n) is 3.10. The van der Waals surface area contributed by atoms with Gasteiger partial charge in [0, 0.05) is 0 Å². The van der Waals surface area contributed by atoms with Gasteiger partial charge < -0.3 is 10.1 Å². The summed E-state index contributed by atoms with van der Waals surface area (Å²) >= 11 is 0. The number of aromatic nitrogens is 6. The molecular formula is C15H17N7O2. The molecule has 3 aromatic rings. The molecule has 9 nitrogen and oxygen atoms in total. The number of aromatic amines is 2. The molecule has 2 heterocycles. The molecule has 2 aromatic heterocycles. The summed E-state index contributed by atoms with van der Waals surface area (Å²) < 4.78 is 5.57. The number of hydrogen-bond donors (Lipinski definition) is 3. The molecule has 0 unspecified atom stereocenters. The Morgan fingerprint density at radius 2 is 1.92 bits per heavy atom. The van der Waals surface area contributed by atoms with Crippen molar-refractivity contribution >= 4 is 5.91 Å². The Morgan fingerprint density at radius 1 is 1.12 bits per heavy atom. The average Bonchev–Trinajstić information content (AvgIpc) is 3.21. The summed E-state index contributed by atoms with van der Waals surface area (Å²) in [5, 5.41) is 16.2. The van der Waals surface area contributed by atoms with Crippen LogP contribution in [0, 0.1) is 6.92 Å². The Bertz CT molecular complexity index is 797. The van der Waals surface area contributed by atoms with E-state index in [-0.39, 0.29) is 25.5 Å². The monoisotopic (exact) mass is 327 g/mol. The second kappa shape index (κ2) is 7.36. The van der Waals surface area contributed by atoms with Gasteiger partial charge in [0.05, 0.1) is 13.0 Å². The summed E-state index contributed by atoms with van der Waals surface area (Å²) in [7, 11) is 0. The second-order valence-electron chi connectivity index (χ2n) is 5.09. The van der Waals surface area contributed by atoms with E-state index in [1.165, 1.54) is 0 Å². The number of amides is 1. The number of carbonyl (C=O) groups excluding carboxylic acids is 1. The Balaban J connectivity index is 1.44. The van der Waals surface area contributed by atoms with E-state index in [2.05, 4.69) is 35.7 Å². The lowest BCUT2D eigenvalue weighted by Crippen LogP contribution is -2.25. The van der Waals surface area contributed by atoms with Crippen LogP contribution in [0.1, 0.15) is 23.3 Å². The first-order valence-electron chi connectivity index (χ1n) is 7.41. The first kappa shape index (κ1) is 15.7. The molecule has 9 heteroatoms. The number of rotatable bonds is 7. The van der Waals surface area contributed by atoms with Gasteiger partial charge in [-0.15, -0.1) is 0 Å². The van der Waals surface area contributed by atoms with Crippen LogP contribution in [-0.4, -0.2) is 36.3 Å². The predicted molar refractivity (Wildman–Crippen MR) is 83.8 cm³/mol. The topological polar surface area (TPSA) is 121 Å². The molecule has 3 rings (SSSR count). The van der Waals surface area contributed by atoms with Crippen molar-refractivity contribution in [3.63, 3.8) is 0 Å². The summed E-state index contributed by atoms with van der Waals surface area (Å²) in [5.41, 5.74) is 0. The molecule has 124 valence electrons. The predicted octanol–water partition coefficient (Wildman–Crippen LogP) is 0.669. The van der Waals surface area contributed by atoms with Gasteiger partial charge in [-0.3, -0.25) is 15.0 Å². The first-order chi connectivity index (χ1) is 11.7. The van der Waals surface area contributed by atoms with Gasteiger partial charge >= 0.3 is 0 Å². The molecule has 0 aliphatic carbocycles. The second-order valence-corrected chi connectivity index (χ2v) is 5.09. The van der Waals surface area contributed by atoms with Crippen LogP contribution < -0.4 is 10.1 Å². The lowest BCUT2D eigenvalue weighted by atomic mass is 10.3. The zero-order chi connectivity index (χ0) is 16.8. The van der Waals surface area contributed by atoms with Crippen LogP contribution in [0.5, 0.6) is 5.75 Å². The number of ether oxygens (including phenoxy) is 1. The average molecular weight is 327 g/mol. The molecular weight excluding hydrogens is 310 g/mol. The number of nitrogens with zero attached hydrogens (tertiary/aromatic N) is 4. The van der Waals surface area contributed by atoms with Gasteiger partial charge in [0.1, 0.15) is 18.2 Å². The molecule has 0 saturated carbocycles. The lowest BCUT2D eigenvalue weighted by Gasteiger charge is -2.02. The maximum atomic E-state index is 11.8. The molecule has 1 amide bonds. The maximum Gasteiger partial charge on any atom is 0.228 e. The molecule has 0 aliphatic rings. The quantitative estimate of drug-likeness (QED) is 0.586. The van der Waals surface area contributed by atoms with E-state index in [1.54, 1.807) is 6.92 Å². The highest BCUT2D eigenvalue weighted by Gasteiger charge is 2.09. The first-order valence-corrected chi connectivity index (χ1v) is 7.41. The molecule has 3 N–H and O–H groups in total. The highest BCUT2D eigenvalue weighted by Crippen LogP contribution is 2.09. The number of carbonyl (C=O) groups is 1. The van der Waals surface area contributed by atoms with Crippen LogP contribution in [0.25, 0.3) is 0 Å². The molecule has 0 atom stereocenters. The zero-order valence-corrected chi connectivity index (χ0v) is 13.1. The minimum absolute atomic E-state index is 0.110. The Hall–Kier alpha value is -3.23. The van der Waals surface area contributed by atoms with E-state index in [1.807, 2.05) is 30.3 Å². The minimum atomic E-state index is -0.194. The smallest absolute Gasteiger partial charge is 0.228 e. The van der Waals surface area contributed by atoms with Crippen molar-refractivity contribution in [2.45, 2.75) is 26.5 Å². The summed E-state index contributed by atoms with van der Waals surface area (Å²) in [6.45, 7) is 2.28. The summed E-state index contributed by atoms with van der Waals surface area (Å²) in [6.07, 6.45) is 0.110. The van der Waals surface area contributed by atoms with Crippen molar-refractivity contribution in [2.24, 2.45) is 0 Å². The van der Waals surface area contributed by atoms with E-state index >= 15 is 0 Å². The molecule has 24 heavy (non-hydrogen) atoms. The van der Waals surface area contributed by atoms with Crippen molar-refractivity contribution in [3.8, 4) is 5.75 Å². The fourth-order valence-electron chi connectivity index (χ4n) is 2.00. The zero-order valence-electron chi connectivity index (χ0n) is 13.1. The van der Waals surface area contributed by atoms with Gasteiger partial charge in [-0.1, -0.05) is 18.2 Å². The van der Waals surface area contributed by atoms with Crippen LogP contribution in [0.4, 0.5) is 0 Å². The van der Waals surface area contributed by atoms with Crippen LogP contribution in [0.2, 0.25) is 0 Å². The normalized spacial score (nSPS) is 10.5. The van der Waals surface area contributed by atoms with E-state index in [0.717, 1.165) is 5.75 Å². The highest BCUT2D eigenvalue weighted by atomic mass is 16.5. The molecule has 0 spiro atoms. The fourth-order valence-corrected chi connectivity index (χ4v) is 2.00. The number of nitrogens with one attached hydrogen (secondary N) is 3. The summed E-state index contributed by atoms with van der Waals surface area (Å²) in [6, 6.07) is 9.44. The van der Waals surface area contributed by atoms with Crippen molar-refractivity contribution in [3.05, 3.63) is 53.6 Å². The fraction of sp³-hybridized carbons (Fsp3) is 0.267. The third kappa shape index (κ3) is 4.38. The van der Waals surface area contributed by atoms with Crippen LogP contribution in [0.15, 0.2) is 30.3 Å². The van der Waals surface area contributed by atoms with Crippen molar-refractivity contribution < 1.29 is 9.53 Å². The van der Waals surface area contributed by atoms with Crippen molar-refractivity contribution in [1.29, 1.82) is 0 Å². The van der Waals surface area contributed by atoms with Crippen LogP contribution >= 0.6 is 0 Å². The van der Waals surface area contributed by atoms with Crippen molar-refractivity contribution in [1.82, 2.24) is 35.7 Å². The molecule has 0 radical (unpaired) electrons. The lowest BCUT2D eigenvalue weighted by molar-refractivity contribution is -0.120. The van der Waals surface area contributed by atoms with E-state index in [4.69, 9.17) is 4.74 Å². The van der Waals surface area contributed by atoms with E-state index in [9.17, 15) is 4.79 Å². The number of hydrogen-bond acceptors (Lipinski definition) is 6. The number of aryl methyl sites for hydroxylation is 1. The molecule has 0 bridgehead atoms. The van der Waals surface area contributed by atoms with Crippen LogP contribution in [-0.2, 0) is 24.4 Å². The van der Waals surface area contributed by atoms with Crippen molar-refractivity contribution in [2.75, 3.05) is 0 Å². The Kier molecular flexibility index (Phi) is 4.80. The van der Waals surface area contributed by atoms with Gasteiger partial charge in [-0.05, 0) is 19.1 Å². The van der Waals surface area contributed by atoms with Gasteiger partial charge in [0.2, 0.25) is 5.91 Å². The molecule has 0 aliphatic heterocycles. The molecule has 0 fully saturated rings. The highest BCUT2D eigenvalue weighted by molar-refractivity contribution is 5.77. The van der Waals surface area contributed by atoms with Gasteiger partial charge in [-0.2, -0.15) is 10.2 Å². The number of benzene rings is 1. The minimum Gasteiger partial charge on any atom is -0.486 e. The van der Waals surface area contributed by atoms with Gasteiger partial charge in [-0.25, -0.2) is 9.97 Å². The summed E-state index contributed by atoms with van der Waals surface area (Å²) in [4.78, 5) is 20.2. The van der Waals surface area contributed by atoms with Gasteiger partial charge in [0.25, 0.3) is 0 Å². The number of para-hydroxylation sites is 1. The molecule has 1 aromatic carbocycles. The molecule has 0 saturated heterocycles. The summed E-state index contributed by atoms with van der Waals surface area (Å²) in [5.74, 6) is 2.77. The third-order valence-corrected chi connectivity index (χ3v) is 3.10. The Morgan fingerprint density at radius 3 is 2.67 bits per heavy atom. The van der Waals surface area contributed by atoms with Crippen LogP contribution in [0.3, 0.4) is 0 Å².